The van der Waals surface area contributed by atoms with Gasteiger partial charge in [0.25, 0.3) is 5.91 Å². The summed E-state index contributed by atoms with van der Waals surface area (Å²) in [7, 11) is -3.68. The minimum atomic E-state index is -3.68. The molecule has 10 heteroatoms. The third kappa shape index (κ3) is 4.24. The van der Waals surface area contributed by atoms with Gasteiger partial charge in [-0.05, 0) is 42.0 Å². The predicted molar refractivity (Wildman–Crippen MR) is 104 cm³/mol. The second kappa shape index (κ2) is 8.19. The van der Waals surface area contributed by atoms with Crippen molar-refractivity contribution >= 4 is 22.1 Å². The summed E-state index contributed by atoms with van der Waals surface area (Å²) in [5.74, 6) is 0.756. The second-order valence-corrected chi connectivity index (χ2v) is 8.29. The van der Waals surface area contributed by atoms with Crippen LogP contribution in [0.5, 0.6) is 11.5 Å². The Balaban J connectivity index is 1.44. The molecule has 1 N–H and O–H groups in total. The molecule has 1 fully saturated rings. The third-order valence-corrected chi connectivity index (χ3v) is 6.38. The standard InChI is InChI=1S/C19H19N3O6S/c23-19(21-20-12-14-4-5-17-18(10-14)28-13-27-17)15-2-1-3-16(11-15)29(24,25)22-6-8-26-9-7-22/h1-5,10-12H,6-9,13H2,(H,21,23)/b20-12+. The van der Waals surface area contributed by atoms with E-state index in [0.717, 1.165) is 5.56 Å². The van der Waals surface area contributed by atoms with Crippen molar-refractivity contribution in [3.8, 4) is 11.5 Å². The minimum absolute atomic E-state index is 0.0619. The Morgan fingerprint density at radius 3 is 2.69 bits per heavy atom. The van der Waals surface area contributed by atoms with E-state index in [-0.39, 0.29) is 17.3 Å². The maximum atomic E-state index is 12.7. The maximum Gasteiger partial charge on any atom is 0.271 e. The molecular weight excluding hydrogens is 398 g/mol. The van der Waals surface area contributed by atoms with Crippen molar-refractivity contribution in [2.24, 2.45) is 5.10 Å². The van der Waals surface area contributed by atoms with Crippen LogP contribution in [-0.4, -0.2) is 57.9 Å². The topological polar surface area (TPSA) is 107 Å². The predicted octanol–water partition coefficient (Wildman–Crippen LogP) is 1.20. The molecule has 2 heterocycles. The zero-order valence-electron chi connectivity index (χ0n) is 15.4. The summed E-state index contributed by atoms with van der Waals surface area (Å²) >= 11 is 0. The Hall–Kier alpha value is -2.95. The summed E-state index contributed by atoms with van der Waals surface area (Å²) < 4.78 is 42.6. The van der Waals surface area contributed by atoms with Gasteiger partial charge in [-0.15, -0.1) is 0 Å². The molecule has 9 nitrogen and oxygen atoms in total. The summed E-state index contributed by atoms with van der Waals surface area (Å²) in [4.78, 5) is 12.4. The van der Waals surface area contributed by atoms with Crippen LogP contribution in [0.3, 0.4) is 0 Å². The number of hydrogen-bond donors (Lipinski definition) is 1. The van der Waals surface area contributed by atoms with Gasteiger partial charge in [0.1, 0.15) is 0 Å². The van der Waals surface area contributed by atoms with Gasteiger partial charge in [-0.25, -0.2) is 13.8 Å². The first-order chi connectivity index (χ1) is 14.0. The zero-order valence-corrected chi connectivity index (χ0v) is 16.2. The van der Waals surface area contributed by atoms with Crippen LogP contribution in [0, 0.1) is 0 Å². The van der Waals surface area contributed by atoms with E-state index in [0.29, 0.717) is 37.8 Å². The van der Waals surface area contributed by atoms with Gasteiger partial charge in [0.15, 0.2) is 11.5 Å². The molecule has 0 radical (unpaired) electrons. The fraction of sp³-hybridized carbons (Fsp3) is 0.263. The Bertz CT molecular complexity index is 1050. The lowest BCUT2D eigenvalue weighted by Crippen LogP contribution is -2.40. The average Bonchev–Trinajstić information content (AvgIpc) is 3.22. The van der Waals surface area contributed by atoms with Crippen LogP contribution in [0.4, 0.5) is 0 Å². The van der Waals surface area contributed by atoms with Crippen molar-refractivity contribution in [2.75, 3.05) is 33.1 Å². The lowest BCUT2D eigenvalue weighted by Gasteiger charge is -2.26. The van der Waals surface area contributed by atoms with E-state index < -0.39 is 15.9 Å². The lowest BCUT2D eigenvalue weighted by molar-refractivity contribution is 0.0730. The molecule has 29 heavy (non-hydrogen) atoms. The van der Waals surface area contributed by atoms with E-state index in [4.69, 9.17) is 14.2 Å². The number of hydrogen-bond acceptors (Lipinski definition) is 7. The van der Waals surface area contributed by atoms with Gasteiger partial charge in [-0.1, -0.05) is 6.07 Å². The van der Waals surface area contributed by atoms with Gasteiger partial charge in [0.2, 0.25) is 16.8 Å². The van der Waals surface area contributed by atoms with Crippen LogP contribution in [0.1, 0.15) is 15.9 Å². The highest BCUT2D eigenvalue weighted by Gasteiger charge is 2.26. The number of nitrogens with one attached hydrogen (secondary N) is 1. The van der Waals surface area contributed by atoms with Gasteiger partial charge >= 0.3 is 0 Å². The Kier molecular flexibility index (Phi) is 5.47. The van der Waals surface area contributed by atoms with Crippen LogP contribution in [0.25, 0.3) is 0 Å². The number of fused-ring (bicyclic) bond motifs is 1. The number of morpholine rings is 1. The largest absolute Gasteiger partial charge is 0.454 e. The molecule has 1 saturated heterocycles. The molecule has 0 saturated carbocycles. The first-order valence-electron chi connectivity index (χ1n) is 8.95. The van der Waals surface area contributed by atoms with Crippen molar-refractivity contribution in [1.29, 1.82) is 0 Å². The summed E-state index contributed by atoms with van der Waals surface area (Å²) in [5, 5.41) is 3.93. The molecule has 1 amide bonds. The summed E-state index contributed by atoms with van der Waals surface area (Å²) in [6.45, 7) is 1.47. The number of ether oxygens (including phenoxy) is 3. The zero-order chi connectivity index (χ0) is 20.3. The number of nitrogens with zero attached hydrogens (tertiary/aromatic N) is 2. The lowest BCUT2D eigenvalue weighted by atomic mass is 10.2. The average molecular weight is 417 g/mol. The molecule has 2 aromatic carbocycles. The highest BCUT2D eigenvalue weighted by molar-refractivity contribution is 7.89. The molecule has 0 aliphatic carbocycles. The number of hydrazone groups is 1. The molecule has 2 aliphatic heterocycles. The van der Waals surface area contributed by atoms with Crippen LogP contribution < -0.4 is 14.9 Å². The van der Waals surface area contributed by atoms with Crippen molar-refractivity contribution in [3.63, 3.8) is 0 Å². The van der Waals surface area contributed by atoms with E-state index >= 15 is 0 Å². The molecule has 152 valence electrons. The van der Waals surface area contributed by atoms with E-state index in [2.05, 4.69) is 10.5 Å². The van der Waals surface area contributed by atoms with Crippen LogP contribution in [0.2, 0.25) is 0 Å². The number of benzene rings is 2. The Morgan fingerprint density at radius 2 is 1.86 bits per heavy atom. The normalized spacial score (nSPS) is 16.8. The van der Waals surface area contributed by atoms with Gasteiger partial charge in [-0.2, -0.15) is 9.41 Å². The fourth-order valence-corrected chi connectivity index (χ4v) is 4.41. The maximum absolute atomic E-state index is 12.7. The molecule has 0 spiro atoms. The van der Waals surface area contributed by atoms with Crippen LogP contribution >= 0.6 is 0 Å². The second-order valence-electron chi connectivity index (χ2n) is 6.36. The molecule has 0 atom stereocenters. The first kappa shape index (κ1) is 19.4. The highest BCUT2D eigenvalue weighted by Crippen LogP contribution is 2.31. The monoisotopic (exact) mass is 417 g/mol. The molecule has 0 unspecified atom stereocenters. The third-order valence-electron chi connectivity index (χ3n) is 4.48. The SMILES string of the molecule is O=C(N/N=C/c1ccc2c(c1)OCO2)c1cccc(S(=O)(=O)N2CCOCC2)c1. The molecule has 4 rings (SSSR count). The number of amides is 1. The molecule has 2 aromatic rings. The smallest absolute Gasteiger partial charge is 0.271 e. The summed E-state index contributed by atoms with van der Waals surface area (Å²) in [6.07, 6.45) is 1.47. The Labute approximate surface area is 167 Å². The highest BCUT2D eigenvalue weighted by atomic mass is 32.2. The summed E-state index contributed by atoms with van der Waals surface area (Å²) in [6, 6.07) is 11.2. The van der Waals surface area contributed by atoms with Crippen molar-refractivity contribution < 1.29 is 27.4 Å². The van der Waals surface area contributed by atoms with Crippen LogP contribution in [-0.2, 0) is 14.8 Å². The fourth-order valence-electron chi connectivity index (χ4n) is 2.96. The minimum Gasteiger partial charge on any atom is -0.454 e. The summed E-state index contributed by atoms with van der Waals surface area (Å²) in [5.41, 5.74) is 3.32. The van der Waals surface area contributed by atoms with Gasteiger partial charge in [-0.3, -0.25) is 4.79 Å². The number of sulfonamides is 1. The molecule has 2 aliphatic rings. The molecule has 0 aromatic heterocycles. The van der Waals surface area contributed by atoms with Crippen LogP contribution in [0.15, 0.2) is 52.5 Å². The van der Waals surface area contributed by atoms with E-state index in [9.17, 15) is 13.2 Å². The van der Waals surface area contributed by atoms with E-state index in [1.807, 2.05) is 0 Å². The van der Waals surface area contributed by atoms with E-state index in [1.54, 1.807) is 18.2 Å². The first-order valence-corrected chi connectivity index (χ1v) is 10.4. The van der Waals surface area contributed by atoms with Crippen molar-refractivity contribution in [1.82, 2.24) is 9.73 Å². The number of carbonyl (C=O) groups excluding carboxylic acids is 1. The molecule has 0 bridgehead atoms. The van der Waals surface area contributed by atoms with Crippen molar-refractivity contribution in [3.05, 3.63) is 53.6 Å². The van der Waals surface area contributed by atoms with Gasteiger partial charge in [0, 0.05) is 18.7 Å². The number of carbonyl (C=O) groups is 1. The van der Waals surface area contributed by atoms with Gasteiger partial charge in [0.05, 0.1) is 24.3 Å². The number of rotatable bonds is 5. The van der Waals surface area contributed by atoms with Gasteiger partial charge < -0.3 is 14.2 Å². The Morgan fingerprint density at radius 1 is 1.07 bits per heavy atom. The van der Waals surface area contributed by atoms with E-state index in [1.165, 1.54) is 34.8 Å². The molecular formula is C19H19N3O6S. The van der Waals surface area contributed by atoms with Crippen molar-refractivity contribution in [2.45, 2.75) is 4.90 Å². The quantitative estimate of drug-likeness (QED) is 0.579.